The van der Waals surface area contributed by atoms with Gasteiger partial charge in [0.1, 0.15) is 5.76 Å². The number of carboxylic acid groups (broad SMARTS) is 1. The van der Waals surface area contributed by atoms with E-state index in [9.17, 15) is 13.2 Å². The van der Waals surface area contributed by atoms with Gasteiger partial charge in [0.05, 0.1) is 10.5 Å². The molecule has 0 fully saturated rings. The van der Waals surface area contributed by atoms with Crippen LogP contribution < -0.4 is 4.72 Å². The van der Waals surface area contributed by atoms with E-state index in [0.29, 0.717) is 5.76 Å². The molecule has 2 N–H and O–H groups in total. The van der Waals surface area contributed by atoms with Crippen LogP contribution in [0.4, 0.5) is 5.82 Å². The van der Waals surface area contributed by atoms with E-state index in [1.54, 1.807) is 6.92 Å². The lowest BCUT2D eigenvalue weighted by Crippen LogP contribution is -2.16. The van der Waals surface area contributed by atoms with E-state index < -0.39 is 16.0 Å². The smallest absolute Gasteiger partial charge is 0.335 e. The predicted octanol–water partition coefficient (Wildman–Crippen LogP) is 1.79. The van der Waals surface area contributed by atoms with Gasteiger partial charge in [-0.25, -0.2) is 13.2 Å². The Morgan fingerprint density at radius 1 is 1.35 bits per heavy atom. The zero-order chi connectivity index (χ0) is 14.9. The molecule has 0 radical (unpaired) electrons. The van der Waals surface area contributed by atoms with Crippen LogP contribution in [0.1, 0.15) is 21.7 Å². The first-order valence-electron chi connectivity index (χ1n) is 5.60. The van der Waals surface area contributed by atoms with Crippen molar-refractivity contribution in [1.82, 2.24) is 5.16 Å². The number of sulfonamides is 1. The van der Waals surface area contributed by atoms with Crippen molar-refractivity contribution in [3.8, 4) is 0 Å². The van der Waals surface area contributed by atoms with Crippen LogP contribution in [0.3, 0.4) is 0 Å². The van der Waals surface area contributed by atoms with E-state index in [-0.39, 0.29) is 21.8 Å². The fourth-order valence-electron chi connectivity index (χ4n) is 1.74. The van der Waals surface area contributed by atoms with Crippen molar-refractivity contribution >= 4 is 21.8 Å². The Hall–Kier alpha value is -2.35. The Labute approximate surface area is 115 Å². The van der Waals surface area contributed by atoms with Crippen LogP contribution in [0.15, 0.2) is 33.7 Å². The molecule has 1 aromatic carbocycles. The minimum atomic E-state index is -3.92. The Balaban J connectivity index is 2.44. The summed E-state index contributed by atoms with van der Waals surface area (Å²) in [6.07, 6.45) is 0. The maximum absolute atomic E-state index is 12.2. The minimum absolute atomic E-state index is 0.0441. The molecular formula is C12H12N2O5S. The molecule has 8 heteroatoms. The Kier molecular flexibility index (Phi) is 3.49. The molecule has 0 aliphatic heterocycles. The molecule has 0 amide bonds. The highest BCUT2D eigenvalue weighted by Gasteiger charge is 2.21. The minimum Gasteiger partial charge on any atom is -0.478 e. The molecule has 0 atom stereocenters. The summed E-state index contributed by atoms with van der Waals surface area (Å²) in [6.45, 7) is 3.06. The lowest BCUT2D eigenvalue weighted by atomic mass is 10.1. The second-order valence-corrected chi connectivity index (χ2v) is 5.81. The number of carboxylic acids is 1. The van der Waals surface area contributed by atoms with E-state index >= 15 is 0 Å². The average Bonchev–Trinajstić information content (AvgIpc) is 2.73. The molecule has 0 spiro atoms. The molecule has 106 valence electrons. The van der Waals surface area contributed by atoms with Gasteiger partial charge in [-0.1, -0.05) is 11.2 Å². The van der Waals surface area contributed by atoms with Gasteiger partial charge in [-0.3, -0.25) is 4.72 Å². The predicted molar refractivity (Wildman–Crippen MR) is 70.2 cm³/mol. The quantitative estimate of drug-likeness (QED) is 0.890. The second kappa shape index (κ2) is 4.97. The highest BCUT2D eigenvalue weighted by molar-refractivity contribution is 7.92. The lowest BCUT2D eigenvalue weighted by molar-refractivity contribution is 0.0696. The maximum Gasteiger partial charge on any atom is 0.335 e. The zero-order valence-corrected chi connectivity index (χ0v) is 11.6. The van der Waals surface area contributed by atoms with Gasteiger partial charge in [0, 0.05) is 6.07 Å². The average molecular weight is 296 g/mol. The van der Waals surface area contributed by atoms with Gasteiger partial charge in [0.25, 0.3) is 10.0 Å². The van der Waals surface area contributed by atoms with Crippen molar-refractivity contribution in [2.75, 3.05) is 4.72 Å². The summed E-state index contributed by atoms with van der Waals surface area (Å²) in [5, 5.41) is 12.5. The molecule has 2 aromatic rings. The van der Waals surface area contributed by atoms with E-state index in [0.717, 1.165) is 0 Å². The topological polar surface area (TPSA) is 110 Å². The standard InChI is InChI=1S/C12H12N2O5S/c1-7-6-11(13-19-7)14-20(17,18)10-5-3-4-9(8(10)2)12(15)16/h3-6H,1-2H3,(H,13,14)(H,15,16). The van der Waals surface area contributed by atoms with Gasteiger partial charge in [0.2, 0.25) is 0 Å². The first-order valence-corrected chi connectivity index (χ1v) is 7.08. The fraction of sp³-hybridized carbons (Fsp3) is 0.167. The third kappa shape index (κ3) is 2.64. The van der Waals surface area contributed by atoms with Gasteiger partial charge in [-0.2, -0.15) is 0 Å². The summed E-state index contributed by atoms with van der Waals surface area (Å²) in [5.41, 5.74) is 0.0944. The van der Waals surface area contributed by atoms with Crippen LogP contribution in [-0.4, -0.2) is 24.7 Å². The monoisotopic (exact) mass is 296 g/mol. The third-order valence-electron chi connectivity index (χ3n) is 2.67. The van der Waals surface area contributed by atoms with Crippen molar-refractivity contribution < 1.29 is 22.8 Å². The molecule has 7 nitrogen and oxygen atoms in total. The van der Waals surface area contributed by atoms with E-state index in [1.165, 1.54) is 31.2 Å². The van der Waals surface area contributed by atoms with E-state index in [2.05, 4.69) is 9.88 Å². The molecule has 1 heterocycles. The maximum atomic E-state index is 12.2. The van der Waals surface area contributed by atoms with Crippen LogP contribution >= 0.6 is 0 Å². The number of aromatic carboxylic acids is 1. The number of hydrogen-bond acceptors (Lipinski definition) is 5. The number of nitrogens with zero attached hydrogens (tertiary/aromatic N) is 1. The third-order valence-corrected chi connectivity index (χ3v) is 4.17. The van der Waals surface area contributed by atoms with Crippen molar-refractivity contribution in [3.63, 3.8) is 0 Å². The first-order chi connectivity index (χ1) is 9.31. The molecular weight excluding hydrogens is 284 g/mol. The Morgan fingerprint density at radius 2 is 2.05 bits per heavy atom. The van der Waals surface area contributed by atoms with Crippen molar-refractivity contribution in [3.05, 3.63) is 41.2 Å². The first kappa shape index (κ1) is 14.1. The van der Waals surface area contributed by atoms with Crippen molar-refractivity contribution in [2.45, 2.75) is 18.7 Å². The number of carbonyl (C=O) groups is 1. The van der Waals surface area contributed by atoms with Crippen molar-refractivity contribution in [2.24, 2.45) is 0 Å². The highest BCUT2D eigenvalue weighted by Crippen LogP contribution is 2.21. The Morgan fingerprint density at radius 3 is 2.60 bits per heavy atom. The summed E-state index contributed by atoms with van der Waals surface area (Å²) >= 11 is 0. The van der Waals surface area contributed by atoms with Gasteiger partial charge in [0.15, 0.2) is 5.82 Å². The summed E-state index contributed by atoms with van der Waals surface area (Å²) in [5.74, 6) is -0.682. The molecule has 0 unspecified atom stereocenters. The van der Waals surface area contributed by atoms with Gasteiger partial charge in [-0.05, 0) is 31.5 Å². The molecule has 1 aromatic heterocycles. The number of hydrogen-bond donors (Lipinski definition) is 2. The summed E-state index contributed by atoms with van der Waals surface area (Å²) in [4.78, 5) is 10.9. The summed E-state index contributed by atoms with van der Waals surface area (Å²) in [6, 6.07) is 5.47. The number of nitrogens with one attached hydrogen (secondary N) is 1. The molecule has 0 aliphatic carbocycles. The number of aryl methyl sites for hydroxylation is 1. The van der Waals surface area contributed by atoms with Crippen LogP contribution in [0.25, 0.3) is 0 Å². The van der Waals surface area contributed by atoms with Crippen LogP contribution in [0.2, 0.25) is 0 Å². The van der Waals surface area contributed by atoms with E-state index in [1.807, 2.05) is 0 Å². The van der Waals surface area contributed by atoms with E-state index in [4.69, 9.17) is 9.63 Å². The molecule has 0 aliphatic rings. The molecule has 20 heavy (non-hydrogen) atoms. The molecule has 2 rings (SSSR count). The SMILES string of the molecule is Cc1cc(NS(=O)(=O)c2cccc(C(=O)O)c2C)no1. The van der Waals surface area contributed by atoms with Gasteiger partial charge < -0.3 is 9.63 Å². The largest absolute Gasteiger partial charge is 0.478 e. The van der Waals surface area contributed by atoms with Crippen LogP contribution in [0.5, 0.6) is 0 Å². The molecule has 0 saturated carbocycles. The number of anilines is 1. The number of rotatable bonds is 4. The fourth-order valence-corrected chi connectivity index (χ4v) is 3.00. The Bertz CT molecular complexity index is 764. The summed E-state index contributed by atoms with van der Waals surface area (Å²) in [7, 11) is -3.92. The second-order valence-electron chi connectivity index (χ2n) is 4.16. The van der Waals surface area contributed by atoms with Crippen LogP contribution in [0, 0.1) is 13.8 Å². The van der Waals surface area contributed by atoms with Crippen LogP contribution in [-0.2, 0) is 10.0 Å². The zero-order valence-electron chi connectivity index (χ0n) is 10.7. The van der Waals surface area contributed by atoms with Gasteiger partial charge in [-0.15, -0.1) is 0 Å². The molecule has 0 bridgehead atoms. The normalized spacial score (nSPS) is 11.3. The highest BCUT2D eigenvalue weighted by atomic mass is 32.2. The van der Waals surface area contributed by atoms with Crippen molar-refractivity contribution in [1.29, 1.82) is 0 Å². The number of aromatic nitrogens is 1. The van der Waals surface area contributed by atoms with Gasteiger partial charge >= 0.3 is 5.97 Å². The lowest BCUT2D eigenvalue weighted by Gasteiger charge is -2.09. The number of benzene rings is 1. The molecule has 0 saturated heterocycles. The summed E-state index contributed by atoms with van der Waals surface area (Å²) < 4.78 is 31.4.